The molecule has 1 atom stereocenters. The lowest BCUT2D eigenvalue weighted by atomic mass is 9.72. The monoisotopic (exact) mass is 212 g/mol. The first-order chi connectivity index (χ1) is 7.15. The van der Waals surface area contributed by atoms with E-state index in [1.807, 2.05) is 0 Å². The summed E-state index contributed by atoms with van der Waals surface area (Å²) in [6.45, 7) is 10.5. The Kier molecular flexibility index (Phi) is 5.07. The van der Waals surface area contributed by atoms with E-state index in [-0.39, 0.29) is 0 Å². The summed E-state index contributed by atoms with van der Waals surface area (Å²) in [5.41, 5.74) is 6.63. The molecule has 1 saturated heterocycles. The molecule has 0 aromatic rings. The van der Waals surface area contributed by atoms with Crippen LogP contribution in [0.3, 0.4) is 0 Å². The van der Waals surface area contributed by atoms with Gasteiger partial charge in [0.2, 0.25) is 0 Å². The molecule has 15 heavy (non-hydrogen) atoms. The van der Waals surface area contributed by atoms with E-state index >= 15 is 0 Å². The van der Waals surface area contributed by atoms with Crippen molar-refractivity contribution >= 4 is 0 Å². The lowest BCUT2D eigenvalue weighted by Gasteiger charge is -2.51. The number of hydrogen-bond donors (Lipinski definition) is 1. The van der Waals surface area contributed by atoms with E-state index in [9.17, 15) is 0 Å². The number of hydrogen-bond acceptors (Lipinski definition) is 2. The Morgan fingerprint density at radius 3 is 2.07 bits per heavy atom. The zero-order chi connectivity index (χ0) is 11.3. The first kappa shape index (κ1) is 13.0. The lowest BCUT2D eigenvalue weighted by molar-refractivity contribution is -0.0178. The Morgan fingerprint density at radius 1 is 1.13 bits per heavy atom. The molecule has 1 unspecified atom stereocenters. The second-order valence-electron chi connectivity index (χ2n) is 5.34. The molecule has 1 fully saturated rings. The Labute approximate surface area is 95.2 Å². The Balaban J connectivity index is 2.30. The average Bonchev–Trinajstić information content (AvgIpc) is 2.15. The molecule has 1 heterocycles. The quantitative estimate of drug-likeness (QED) is 0.703. The molecular weight excluding hydrogens is 184 g/mol. The van der Waals surface area contributed by atoms with Gasteiger partial charge in [0.15, 0.2) is 0 Å². The van der Waals surface area contributed by atoms with Crippen LogP contribution < -0.4 is 5.73 Å². The third kappa shape index (κ3) is 3.46. The van der Waals surface area contributed by atoms with Gasteiger partial charge in [-0.1, -0.05) is 33.6 Å². The van der Waals surface area contributed by atoms with Crippen LogP contribution in [0.25, 0.3) is 0 Å². The van der Waals surface area contributed by atoms with Crippen molar-refractivity contribution in [2.24, 2.45) is 11.1 Å². The Hall–Kier alpha value is -0.0800. The molecule has 0 aromatic carbocycles. The summed E-state index contributed by atoms with van der Waals surface area (Å²) >= 11 is 0. The van der Waals surface area contributed by atoms with Gasteiger partial charge in [-0.2, -0.15) is 0 Å². The molecule has 2 N–H and O–H groups in total. The van der Waals surface area contributed by atoms with E-state index in [4.69, 9.17) is 5.73 Å². The van der Waals surface area contributed by atoms with Crippen molar-refractivity contribution in [2.75, 3.05) is 19.6 Å². The highest BCUT2D eigenvalue weighted by molar-refractivity contribution is 4.95. The molecule has 0 spiro atoms. The van der Waals surface area contributed by atoms with Crippen molar-refractivity contribution in [1.29, 1.82) is 0 Å². The van der Waals surface area contributed by atoms with Crippen LogP contribution in [0.4, 0.5) is 0 Å². The molecule has 0 aliphatic carbocycles. The van der Waals surface area contributed by atoms with E-state index in [1.54, 1.807) is 0 Å². The highest BCUT2D eigenvalue weighted by Crippen LogP contribution is 2.39. The number of nitrogens with zero attached hydrogens (tertiary/aromatic N) is 1. The van der Waals surface area contributed by atoms with Crippen molar-refractivity contribution in [3.05, 3.63) is 0 Å². The summed E-state index contributed by atoms with van der Waals surface area (Å²) in [4.78, 5) is 2.54. The molecule has 0 saturated carbocycles. The SMILES string of the molecule is CCCC1(CCC)CN(CC(N)CC)C1. The van der Waals surface area contributed by atoms with Gasteiger partial charge in [-0.15, -0.1) is 0 Å². The maximum absolute atomic E-state index is 5.98. The predicted octanol–water partition coefficient (Wildman–Crippen LogP) is 2.63. The zero-order valence-corrected chi connectivity index (χ0v) is 10.8. The second kappa shape index (κ2) is 5.86. The maximum Gasteiger partial charge on any atom is 0.0165 e. The third-order valence-corrected chi connectivity index (χ3v) is 3.70. The summed E-state index contributed by atoms with van der Waals surface area (Å²) in [6, 6.07) is 0.381. The Bertz CT molecular complexity index is 165. The van der Waals surface area contributed by atoms with Gasteiger partial charge in [0.25, 0.3) is 0 Å². The number of nitrogens with two attached hydrogens (primary N) is 1. The van der Waals surface area contributed by atoms with Gasteiger partial charge in [-0.25, -0.2) is 0 Å². The smallest absolute Gasteiger partial charge is 0.0165 e. The van der Waals surface area contributed by atoms with Gasteiger partial charge < -0.3 is 10.6 Å². The van der Waals surface area contributed by atoms with Gasteiger partial charge >= 0.3 is 0 Å². The molecule has 1 aliphatic heterocycles. The molecule has 0 radical (unpaired) electrons. The summed E-state index contributed by atoms with van der Waals surface area (Å²) < 4.78 is 0. The summed E-state index contributed by atoms with van der Waals surface area (Å²) in [6.07, 6.45) is 6.56. The molecule has 90 valence electrons. The van der Waals surface area contributed by atoms with E-state index in [1.165, 1.54) is 38.8 Å². The molecule has 2 heteroatoms. The van der Waals surface area contributed by atoms with Crippen LogP contribution >= 0.6 is 0 Å². The van der Waals surface area contributed by atoms with Crippen LogP contribution in [-0.2, 0) is 0 Å². The van der Waals surface area contributed by atoms with Gasteiger partial charge in [0.05, 0.1) is 0 Å². The predicted molar refractivity (Wildman–Crippen MR) is 67.0 cm³/mol. The molecule has 0 bridgehead atoms. The minimum atomic E-state index is 0.381. The molecule has 1 aliphatic rings. The van der Waals surface area contributed by atoms with E-state index in [0.717, 1.165) is 13.0 Å². The van der Waals surface area contributed by atoms with E-state index in [2.05, 4.69) is 25.7 Å². The molecule has 0 amide bonds. The molecule has 2 nitrogen and oxygen atoms in total. The first-order valence-corrected chi connectivity index (χ1v) is 6.63. The van der Waals surface area contributed by atoms with Crippen molar-refractivity contribution in [1.82, 2.24) is 4.90 Å². The summed E-state index contributed by atoms with van der Waals surface area (Å²) in [5.74, 6) is 0. The van der Waals surface area contributed by atoms with Crippen LogP contribution in [0.2, 0.25) is 0 Å². The fraction of sp³-hybridized carbons (Fsp3) is 1.00. The largest absolute Gasteiger partial charge is 0.327 e. The van der Waals surface area contributed by atoms with Gasteiger partial charge in [-0.3, -0.25) is 0 Å². The van der Waals surface area contributed by atoms with Crippen molar-refractivity contribution < 1.29 is 0 Å². The molecule has 0 aromatic heterocycles. The topological polar surface area (TPSA) is 29.3 Å². The molecule has 1 rings (SSSR count). The fourth-order valence-electron chi connectivity index (χ4n) is 2.99. The maximum atomic E-state index is 5.98. The van der Waals surface area contributed by atoms with Crippen molar-refractivity contribution in [2.45, 2.75) is 58.9 Å². The average molecular weight is 212 g/mol. The van der Waals surface area contributed by atoms with Gasteiger partial charge in [0, 0.05) is 25.7 Å². The van der Waals surface area contributed by atoms with Crippen LogP contribution in [0.1, 0.15) is 52.9 Å². The number of likely N-dealkylation sites (tertiary alicyclic amines) is 1. The standard InChI is InChI=1S/C13H28N2/c1-4-7-13(8-5-2)10-15(11-13)9-12(14)6-3/h12H,4-11,14H2,1-3H3. The van der Waals surface area contributed by atoms with E-state index in [0.29, 0.717) is 11.5 Å². The van der Waals surface area contributed by atoms with Crippen LogP contribution in [0.5, 0.6) is 0 Å². The Morgan fingerprint density at radius 2 is 1.67 bits per heavy atom. The normalized spacial score (nSPS) is 22.4. The van der Waals surface area contributed by atoms with Crippen molar-refractivity contribution in [3.63, 3.8) is 0 Å². The molecular formula is C13H28N2. The minimum Gasteiger partial charge on any atom is -0.327 e. The first-order valence-electron chi connectivity index (χ1n) is 6.63. The highest BCUT2D eigenvalue weighted by Gasteiger charge is 2.40. The fourth-order valence-corrected chi connectivity index (χ4v) is 2.99. The third-order valence-electron chi connectivity index (χ3n) is 3.70. The van der Waals surface area contributed by atoms with E-state index < -0.39 is 0 Å². The van der Waals surface area contributed by atoms with Crippen molar-refractivity contribution in [3.8, 4) is 0 Å². The van der Waals surface area contributed by atoms with Gasteiger partial charge in [-0.05, 0) is 24.7 Å². The summed E-state index contributed by atoms with van der Waals surface area (Å²) in [5, 5.41) is 0. The van der Waals surface area contributed by atoms with Crippen LogP contribution in [0, 0.1) is 5.41 Å². The second-order valence-corrected chi connectivity index (χ2v) is 5.34. The summed E-state index contributed by atoms with van der Waals surface area (Å²) in [7, 11) is 0. The van der Waals surface area contributed by atoms with Crippen LogP contribution in [0.15, 0.2) is 0 Å². The minimum absolute atomic E-state index is 0.381. The lowest BCUT2D eigenvalue weighted by Crippen LogP contribution is -2.58. The van der Waals surface area contributed by atoms with Crippen LogP contribution in [-0.4, -0.2) is 30.6 Å². The highest BCUT2D eigenvalue weighted by atomic mass is 15.2. The number of rotatable bonds is 7. The zero-order valence-electron chi connectivity index (χ0n) is 10.8. The van der Waals surface area contributed by atoms with Gasteiger partial charge in [0.1, 0.15) is 0 Å².